The number of nitrogens with two attached hydrogens (primary N) is 1. The molecule has 0 radical (unpaired) electrons. The summed E-state index contributed by atoms with van der Waals surface area (Å²) in [5.41, 5.74) is 5.66. The molecule has 0 aromatic carbocycles. The van der Waals surface area contributed by atoms with Gasteiger partial charge < -0.3 is 15.6 Å². The molecular weight excluding hydrogens is 190 g/mol. The van der Waals surface area contributed by atoms with Crippen LogP contribution >= 0.6 is 0 Å². The fraction of sp³-hybridized carbons (Fsp3) is 1.00. The number of rotatable bonds is 5. The van der Waals surface area contributed by atoms with Crippen LogP contribution in [-0.4, -0.2) is 30.0 Å². The largest absolute Gasteiger partial charge is 0.394 e. The summed E-state index contributed by atoms with van der Waals surface area (Å²) in [7, 11) is 0. The molecule has 0 aromatic heterocycles. The van der Waals surface area contributed by atoms with Crippen molar-refractivity contribution in [3.8, 4) is 0 Å². The van der Waals surface area contributed by atoms with E-state index in [9.17, 15) is 5.11 Å². The first kappa shape index (κ1) is 12.9. The van der Waals surface area contributed by atoms with Crippen LogP contribution in [-0.2, 0) is 4.74 Å². The molecule has 0 heterocycles. The lowest BCUT2D eigenvalue weighted by Crippen LogP contribution is -2.49. The third-order valence-electron chi connectivity index (χ3n) is 3.20. The van der Waals surface area contributed by atoms with Crippen molar-refractivity contribution in [2.45, 2.75) is 57.6 Å². The molecule has 1 saturated carbocycles. The molecule has 15 heavy (non-hydrogen) atoms. The Hall–Kier alpha value is -0.120. The molecular formula is C12H25NO2. The molecule has 2 unspecified atom stereocenters. The summed E-state index contributed by atoms with van der Waals surface area (Å²) in [4.78, 5) is 0. The van der Waals surface area contributed by atoms with Gasteiger partial charge in [-0.15, -0.1) is 0 Å². The van der Waals surface area contributed by atoms with Crippen LogP contribution in [0.3, 0.4) is 0 Å². The fourth-order valence-electron chi connectivity index (χ4n) is 2.10. The summed E-state index contributed by atoms with van der Waals surface area (Å²) < 4.78 is 5.80. The highest BCUT2D eigenvalue weighted by Gasteiger charge is 2.32. The van der Waals surface area contributed by atoms with Crippen LogP contribution in [0.15, 0.2) is 0 Å². The SMILES string of the molecule is CC(C)CCOC1CCCC(N)(CO)C1. The van der Waals surface area contributed by atoms with E-state index in [1.54, 1.807) is 0 Å². The quantitative estimate of drug-likeness (QED) is 0.733. The van der Waals surface area contributed by atoms with Gasteiger partial charge in [0.2, 0.25) is 0 Å². The Morgan fingerprint density at radius 3 is 2.87 bits per heavy atom. The molecule has 3 heteroatoms. The lowest BCUT2D eigenvalue weighted by molar-refractivity contribution is -0.00896. The average molecular weight is 215 g/mol. The molecule has 0 aromatic rings. The maximum Gasteiger partial charge on any atom is 0.0612 e. The summed E-state index contributed by atoms with van der Waals surface area (Å²) in [5, 5.41) is 9.20. The zero-order valence-corrected chi connectivity index (χ0v) is 10.0. The number of aliphatic hydroxyl groups excluding tert-OH is 1. The van der Waals surface area contributed by atoms with Crippen LogP contribution in [0.2, 0.25) is 0 Å². The van der Waals surface area contributed by atoms with Gasteiger partial charge in [-0.25, -0.2) is 0 Å². The second-order valence-corrected chi connectivity index (χ2v) is 5.29. The van der Waals surface area contributed by atoms with E-state index >= 15 is 0 Å². The van der Waals surface area contributed by atoms with E-state index in [4.69, 9.17) is 10.5 Å². The number of hydrogen-bond acceptors (Lipinski definition) is 3. The first-order chi connectivity index (χ1) is 7.06. The molecule has 1 aliphatic rings. The van der Waals surface area contributed by atoms with Crippen LogP contribution < -0.4 is 5.73 Å². The second kappa shape index (κ2) is 5.83. The Balaban J connectivity index is 2.24. The highest BCUT2D eigenvalue weighted by Crippen LogP contribution is 2.28. The normalized spacial score (nSPS) is 32.2. The van der Waals surface area contributed by atoms with Crippen molar-refractivity contribution in [2.24, 2.45) is 11.7 Å². The van der Waals surface area contributed by atoms with Gasteiger partial charge in [0.05, 0.1) is 12.7 Å². The monoisotopic (exact) mass is 215 g/mol. The molecule has 0 spiro atoms. The number of ether oxygens (including phenoxy) is 1. The van der Waals surface area contributed by atoms with E-state index in [1.165, 1.54) is 0 Å². The van der Waals surface area contributed by atoms with Crippen LogP contribution in [0.25, 0.3) is 0 Å². The number of hydrogen-bond donors (Lipinski definition) is 2. The maximum absolute atomic E-state index is 9.20. The van der Waals surface area contributed by atoms with Crippen molar-refractivity contribution in [2.75, 3.05) is 13.2 Å². The van der Waals surface area contributed by atoms with Gasteiger partial charge in [-0.05, 0) is 38.0 Å². The van der Waals surface area contributed by atoms with Gasteiger partial charge >= 0.3 is 0 Å². The van der Waals surface area contributed by atoms with E-state index in [0.717, 1.165) is 38.7 Å². The topological polar surface area (TPSA) is 55.5 Å². The molecule has 1 aliphatic carbocycles. The Morgan fingerprint density at radius 2 is 2.27 bits per heavy atom. The van der Waals surface area contributed by atoms with Gasteiger partial charge in [-0.1, -0.05) is 13.8 Å². The predicted octanol–water partition coefficient (Wildman–Crippen LogP) is 1.68. The number of aliphatic hydroxyl groups is 1. The van der Waals surface area contributed by atoms with Gasteiger partial charge in [-0.3, -0.25) is 0 Å². The summed E-state index contributed by atoms with van der Waals surface area (Å²) in [6.45, 7) is 5.30. The van der Waals surface area contributed by atoms with E-state index in [0.29, 0.717) is 5.92 Å². The molecule has 0 amide bonds. The van der Waals surface area contributed by atoms with Crippen molar-refractivity contribution in [3.63, 3.8) is 0 Å². The van der Waals surface area contributed by atoms with E-state index in [-0.39, 0.29) is 18.2 Å². The van der Waals surface area contributed by atoms with Crippen molar-refractivity contribution in [1.82, 2.24) is 0 Å². The van der Waals surface area contributed by atoms with Gasteiger partial charge in [0.25, 0.3) is 0 Å². The van der Waals surface area contributed by atoms with E-state index in [1.807, 2.05) is 0 Å². The minimum atomic E-state index is -0.388. The highest BCUT2D eigenvalue weighted by molar-refractivity contribution is 4.90. The van der Waals surface area contributed by atoms with Crippen LogP contribution in [0.1, 0.15) is 46.0 Å². The molecule has 3 nitrogen and oxygen atoms in total. The van der Waals surface area contributed by atoms with Gasteiger partial charge in [0, 0.05) is 12.1 Å². The van der Waals surface area contributed by atoms with Crippen LogP contribution in [0.5, 0.6) is 0 Å². The summed E-state index contributed by atoms with van der Waals surface area (Å²) in [6.07, 6.45) is 5.26. The van der Waals surface area contributed by atoms with Gasteiger partial charge in [0.1, 0.15) is 0 Å². The summed E-state index contributed by atoms with van der Waals surface area (Å²) >= 11 is 0. The van der Waals surface area contributed by atoms with E-state index < -0.39 is 0 Å². The molecule has 0 bridgehead atoms. The zero-order valence-electron chi connectivity index (χ0n) is 10.0. The third-order valence-corrected chi connectivity index (χ3v) is 3.20. The lowest BCUT2D eigenvalue weighted by Gasteiger charge is -2.36. The Kier molecular flexibility index (Phi) is 5.03. The van der Waals surface area contributed by atoms with E-state index in [2.05, 4.69) is 13.8 Å². The average Bonchev–Trinajstić information content (AvgIpc) is 2.17. The lowest BCUT2D eigenvalue weighted by atomic mass is 9.81. The first-order valence-electron chi connectivity index (χ1n) is 6.07. The molecule has 0 aliphatic heterocycles. The molecule has 3 N–H and O–H groups in total. The van der Waals surface area contributed by atoms with Gasteiger partial charge in [0.15, 0.2) is 0 Å². The highest BCUT2D eigenvalue weighted by atomic mass is 16.5. The Bertz CT molecular complexity index is 184. The van der Waals surface area contributed by atoms with Crippen LogP contribution in [0, 0.1) is 5.92 Å². The van der Waals surface area contributed by atoms with Crippen molar-refractivity contribution in [1.29, 1.82) is 0 Å². The standard InChI is InChI=1S/C12H25NO2/c1-10(2)5-7-15-11-4-3-6-12(13,8-11)9-14/h10-11,14H,3-9,13H2,1-2H3. The summed E-state index contributed by atoms with van der Waals surface area (Å²) in [6, 6.07) is 0. The van der Waals surface area contributed by atoms with Crippen molar-refractivity contribution in [3.05, 3.63) is 0 Å². The molecule has 2 atom stereocenters. The molecule has 0 saturated heterocycles. The fourth-order valence-corrected chi connectivity index (χ4v) is 2.10. The molecule has 90 valence electrons. The maximum atomic E-state index is 9.20. The van der Waals surface area contributed by atoms with Crippen molar-refractivity contribution >= 4 is 0 Å². The zero-order chi connectivity index (χ0) is 11.3. The smallest absolute Gasteiger partial charge is 0.0612 e. The third kappa shape index (κ3) is 4.49. The summed E-state index contributed by atoms with van der Waals surface area (Å²) in [5.74, 6) is 0.689. The Labute approximate surface area is 93.0 Å². The molecule has 1 fully saturated rings. The predicted molar refractivity (Wildman–Crippen MR) is 61.7 cm³/mol. The van der Waals surface area contributed by atoms with Crippen molar-refractivity contribution < 1.29 is 9.84 Å². The van der Waals surface area contributed by atoms with Gasteiger partial charge in [-0.2, -0.15) is 0 Å². The first-order valence-corrected chi connectivity index (χ1v) is 6.07. The van der Waals surface area contributed by atoms with Crippen LogP contribution in [0.4, 0.5) is 0 Å². The second-order valence-electron chi connectivity index (χ2n) is 5.29. The molecule has 1 rings (SSSR count). The minimum absolute atomic E-state index is 0.0804. The Morgan fingerprint density at radius 1 is 1.53 bits per heavy atom. The minimum Gasteiger partial charge on any atom is -0.394 e.